The van der Waals surface area contributed by atoms with Gasteiger partial charge in [0.25, 0.3) is 0 Å². The Kier molecular flexibility index (Phi) is 6.55. The molecule has 0 saturated carbocycles. The van der Waals surface area contributed by atoms with Crippen LogP contribution in [0.1, 0.15) is 34.8 Å². The second-order valence-electron chi connectivity index (χ2n) is 7.58. The summed E-state index contributed by atoms with van der Waals surface area (Å²) in [5.74, 6) is -3.17. The predicted molar refractivity (Wildman–Crippen MR) is 124 cm³/mol. The molecule has 11 heteroatoms. The van der Waals surface area contributed by atoms with E-state index in [1.165, 1.54) is 12.5 Å². The van der Waals surface area contributed by atoms with E-state index < -0.39 is 38.7 Å². The third kappa shape index (κ3) is 4.74. The van der Waals surface area contributed by atoms with Gasteiger partial charge in [0.15, 0.2) is 5.82 Å². The fourth-order valence-corrected chi connectivity index (χ4v) is 4.70. The molecule has 4 rings (SSSR count). The maximum atomic E-state index is 15.2. The minimum atomic E-state index is -3.85. The number of aromatic amines is 2. The molecule has 2 heterocycles. The van der Waals surface area contributed by atoms with E-state index in [4.69, 9.17) is 0 Å². The number of fused-ring (bicyclic) bond motifs is 1. The van der Waals surface area contributed by atoms with Crippen molar-refractivity contribution >= 4 is 38.3 Å². The van der Waals surface area contributed by atoms with Crippen molar-refractivity contribution in [3.05, 3.63) is 83.3 Å². The Bertz CT molecular complexity index is 1460. The van der Waals surface area contributed by atoms with Gasteiger partial charge in [0.2, 0.25) is 33.6 Å². The van der Waals surface area contributed by atoms with E-state index in [2.05, 4.69) is 25.0 Å². The van der Waals surface area contributed by atoms with Gasteiger partial charge in [-0.25, -0.2) is 22.2 Å². The Labute approximate surface area is 194 Å². The van der Waals surface area contributed by atoms with Gasteiger partial charge < -0.3 is 10.3 Å². The first kappa shape index (κ1) is 23.3. The van der Waals surface area contributed by atoms with E-state index in [0.717, 1.165) is 17.7 Å². The summed E-state index contributed by atoms with van der Waals surface area (Å²) < 4.78 is 56.0. The molecule has 176 valence electrons. The quantitative estimate of drug-likeness (QED) is 0.312. The van der Waals surface area contributed by atoms with E-state index in [9.17, 15) is 17.6 Å². The number of nitrogens with zero attached hydrogens (tertiary/aromatic N) is 1. The Hall–Kier alpha value is -3.86. The van der Waals surface area contributed by atoms with Crippen molar-refractivity contribution in [3.8, 4) is 0 Å². The maximum absolute atomic E-state index is 15.2. The summed E-state index contributed by atoms with van der Waals surface area (Å²) in [5, 5.41) is 3.49. The number of rotatable bonds is 9. The van der Waals surface area contributed by atoms with E-state index in [1.54, 1.807) is 6.92 Å². The molecule has 0 radical (unpaired) electrons. The van der Waals surface area contributed by atoms with Crippen molar-refractivity contribution in [2.75, 3.05) is 15.8 Å². The standard InChI is InChI=1S/C23H21F2N5O3S/c1-2-10-34(32,33)30-17-9-8-16(24)19(20(17)25)21(31)15-12-27-23-18(15)22(28-13-29-23)26-11-14-6-4-3-5-7-14/h3-9,12-13,30H,2,10-11H2,1H3,(H2,26,27,28,29)/p+1. The average Bonchev–Trinajstić information content (AvgIpc) is 3.25. The summed E-state index contributed by atoms with van der Waals surface area (Å²) in [5.41, 5.74) is -0.0754. The van der Waals surface area contributed by atoms with Crippen molar-refractivity contribution in [2.45, 2.75) is 19.9 Å². The van der Waals surface area contributed by atoms with Crippen LogP contribution in [0.4, 0.5) is 20.3 Å². The number of carbonyl (C=O) groups excluding carboxylic acids is 1. The second kappa shape index (κ2) is 9.56. The Morgan fingerprint density at radius 2 is 1.91 bits per heavy atom. The number of aromatic nitrogens is 3. The number of benzene rings is 2. The van der Waals surface area contributed by atoms with Crippen molar-refractivity contribution in [1.29, 1.82) is 0 Å². The molecule has 0 spiro atoms. The lowest BCUT2D eigenvalue weighted by molar-refractivity contribution is -0.364. The van der Waals surface area contributed by atoms with Crippen molar-refractivity contribution in [3.63, 3.8) is 0 Å². The third-order valence-corrected chi connectivity index (χ3v) is 6.60. The van der Waals surface area contributed by atoms with E-state index >= 15 is 4.39 Å². The zero-order valence-corrected chi connectivity index (χ0v) is 19.0. The molecule has 0 saturated heterocycles. The first-order valence-electron chi connectivity index (χ1n) is 10.5. The molecule has 0 bridgehead atoms. The van der Waals surface area contributed by atoms with Crippen LogP contribution in [0, 0.1) is 11.6 Å². The van der Waals surface area contributed by atoms with Crippen LogP contribution in [-0.2, 0) is 16.6 Å². The molecule has 0 aliphatic heterocycles. The van der Waals surface area contributed by atoms with Gasteiger partial charge in [-0.3, -0.25) is 9.52 Å². The summed E-state index contributed by atoms with van der Waals surface area (Å²) in [6.45, 7) is 2.08. The molecule has 2 aromatic carbocycles. The van der Waals surface area contributed by atoms with Crippen molar-refractivity contribution < 1.29 is 27.0 Å². The zero-order chi connectivity index (χ0) is 24.3. The third-order valence-electron chi connectivity index (χ3n) is 5.13. The summed E-state index contributed by atoms with van der Waals surface area (Å²) in [4.78, 5) is 23.2. The van der Waals surface area contributed by atoms with Crippen LogP contribution < -0.4 is 15.0 Å². The molecule has 0 aliphatic carbocycles. The first-order chi connectivity index (χ1) is 16.3. The highest BCUT2D eigenvalue weighted by molar-refractivity contribution is 7.92. The monoisotopic (exact) mass is 486 g/mol. The highest BCUT2D eigenvalue weighted by Gasteiger charge is 2.28. The molecule has 2 aromatic heterocycles. The molecule has 0 fully saturated rings. The van der Waals surface area contributed by atoms with Crippen LogP contribution >= 0.6 is 0 Å². The molecule has 0 aliphatic rings. The molecular formula is C23H22F2N5O3S+. The summed E-state index contributed by atoms with van der Waals surface area (Å²) in [7, 11) is -3.85. The Balaban J connectivity index is 1.73. The minimum absolute atomic E-state index is 0.0266. The number of nitrogens with one attached hydrogen (secondary N) is 4. The van der Waals surface area contributed by atoms with Gasteiger partial charge >= 0.3 is 0 Å². The lowest BCUT2D eigenvalue weighted by Gasteiger charge is -2.11. The first-order valence-corrected chi connectivity index (χ1v) is 12.1. The van der Waals surface area contributed by atoms with Crippen molar-refractivity contribution in [2.24, 2.45) is 0 Å². The molecule has 4 N–H and O–H groups in total. The number of sulfonamides is 1. The molecule has 8 nitrogen and oxygen atoms in total. The maximum Gasteiger partial charge on any atom is 0.232 e. The number of ketones is 1. The molecule has 0 unspecified atom stereocenters. The van der Waals surface area contributed by atoms with Gasteiger partial charge in [-0.15, -0.1) is 0 Å². The highest BCUT2D eigenvalue weighted by Crippen LogP contribution is 2.29. The van der Waals surface area contributed by atoms with Gasteiger partial charge in [-0.1, -0.05) is 42.2 Å². The smallest absolute Gasteiger partial charge is 0.232 e. The summed E-state index contributed by atoms with van der Waals surface area (Å²) in [6, 6.07) is 11.3. The van der Waals surface area contributed by atoms with Crippen molar-refractivity contribution in [1.82, 2.24) is 9.97 Å². The number of carbonyl (C=O) groups is 1. The molecule has 0 amide bonds. The molecule has 0 atom stereocenters. The predicted octanol–water partition coefficient (Wildman–Crippen LogP) is 3.65. The zero-order valence-electron chi connectivity index (χ0n) is 18.2. The van der Waals surface area contributed by atoms with Crippen LogP contribution in [0.2, 0.25) is 0 Å². The normalized spacial score (nSPS) is 11.5. The Morgan fingerprint density at radius 1 is 1.15 bits per heavy atom. The van der Waals surface area contributed by atoms with Crippen LogP contribution in [0.3, 0.4) is 0 Å². The topological polar surface area (TPSA) is 118 Å². The van der Waals surface area contributed by atoms with Gasteiger partial charge in [-0.2, -0.15) is 0 Å². The number of anilines is 2. The summed E-state index contributed by atoms with van der Waals surface area (Å²) in [6.07, 6.45) is 3.04. The number of hydrogen-bond donors (Lipinski definition) is 3. The average molecular weight is 487 g/mol. The van der Waals surface area contributed by atoms with Crippen LogP contribution in [-0.4, -0.2) is 29.9 Å². The fourth-order valence-electron chi connectivity index (χ4n) is 3.57. The molecule has 34 heavy (non-hydrogen) atoms. The van der Waals surface area contributed by atoms with Gasteiger partial charge in [0, 0.05) is 6.20 Å². The lowest BCUT2D eigenvalue weighted by Crippen LogP contribution is -2.19. The second-order valence-corrected chi connectivity index (χ2v) is 9.42. The lowest BCUT2D eigenvalue weighted by atomic mass is 10.0. The Morgan fingerprint density at radius 3 is 2.65 bits per heavy atom. The minimum Gasteiger partial charge on any atom is -0.332 e. The molecule has 4 aromatic rings. The highest BCUT2D eigenvalue weighted by atomic mass is 32.2. The number of halogens is 2. The summed E-state index contributed by atoms with van der Waals surface area (Å²) >= 11 is 0. The van der Waals surface area contributed by atoms with Gasteiger partial charge in [0.1, 0.15) is 11.2 Å². The largest absolute Gasteiger partial charge is 0.332 e. The number of H-pyrrole nitrogens is 2. The molecular weight excluding hydrogens is 464 g/mol. The van der Waals surface area contributed by atoms with E-state index in [1.807, 2.05) is 30.3 Å². The SMILES string of the molecule is CCCS(=O)(=O)Nc1ccc(F)c(C(=O)c2c[nH]c3nc[nH+]c(NCc4ccccc4)c23)c1F. The van der Waals surface area contributed by atoms with E-state index in [0.29, 0.717) is 29.8 Å². The van der Waals surface area contributed by atoms with E-state index in [-0.39, 0.29) is 11.3 Å². The van der Waals surface area contributed by atoms with Crippen LogP contribution in [0.5, 0.6) is 0 Å². The van der Waals surface area contributed by atoms with Crippen LogP contribution in [0.15, 0.2) is 55.0 Å². The fraction of sp³-hybridized carbons (Fsp3) is 0.174. The van der Waals surface area contributed by atoms with Gasteiger partial charge in [0.05, 0.1) is 29.1 Å². The number of hydrogen-bond acceptors (Lipinski definition) is 5. The van der Waals surface area contributed by atoms with Crippen LogP contribution in [0.25, 0.3) is 11.0 Å². The van der Waals surface area contributed by atoms with Gasteiger partial charge in [-0.05, 0) is 24.1 Å².